The van der Waals surface area contributed by atoms with Gasteiger partial charge in [-0.25, -0.2) is 0 Å². The van der Waals surface area contributed by atoms with Gasteiger partial charge in [0.25, 0.3) is 5.69 Å². The summed E-state index contributed by atoms with van der Waals surface area (Å²) in [4.78, 5) is 14.9. The Hall–Kier alpha value is -3.73. The number of aromatic nitrogens is 1. The Morgan fingerprint density at radius 3 is 2.19 bits per heavy atom. The molecule has 0 aliphatic carbocycles. The summed E-state index contributed by atoms with van der Waals surface area (Å²) in [6, 6.07) is 24.5. The van der Waals surface area contributed by atoms with Crippen molar-refractivity contribution in [1.29, 1.82) is 0 Å². The number of hydrogen-bond acceptors (Lipinski definition) is 4. The Morgan fingerprint density at radius 2 is 1.54 bits per heavy atom. The Kier molecular flexibility index (Phi) is 4.03. The maximum Gasteiger partial charge on any atom is 0.269 e. The molecule has 0 aliphatic heterocycles. The van der Waals surface area contributed by atoms with Crippen molar-refractivity contribution in [3.8, 4) is 11.3 Å². The van der Waals surface area contributed by atoms with E-state index in [1.807, 2.05) is 30.3 Å². The van der Waals surface area contributed by atoms with Gasteiger partial charge in [0, 0.05) is 35.3 Å². The van der Waals surface area contributed by atoms with Gasteiger partial charge in [-0.05, 0) is 47.2 Å². The molecule has 0 bridgehead atoms. The highest BCUT2D eigenvalue weighted by Gasteiger charge is 2.10. The maximum absolute atomic E-state index is 10.8. The lowest BCUT2D eigenvalue weighted by atomic mass is 10.0. The minimum Gasteiger partial charge on any atom is -0.355 e. The highest BCUT2D eigenvalue weighted by molar-refractivity contribution is 5.94. The molecule has 0 saturated heterocycles. The van der Waals surface area contributed by atoms with Crippen LogP contribution >= 0.6 is 0 Å². The van der Waals surface area contributed by atoms with Gasteiger partial charge in [0.1, 0.15) is 0 Å². The van der Waals surface area contributed by atoms with Crippen molar-refractivity contribution >= 4 is 27.8 Å². The van der Waals surface area contributed by atoms with Gasteiger partial charge in [-0.2, -0.15) is 0 Å². The molecular formula is C21H15N3O2. The number of nitro groups is 1. The molecule has 0 amide bonds. The van der Waals surface area contributed by atoms with Crippen molar-refractivity contribution in [2.45, 2.75) is 0 Å². The highest BCUT2D eigenvalue weighted by atomic mass is 16.6. The third-order valence-corrected chi connectivity index (χ3v) is 4.18. The number of nitrogens with zero attached hydrogens (tertiary/aromatic N) is 2. The number of rotatable bonds is 4. The lowest BCUT2D eigenvalue weighted by molar-refractivity contribution is -0.384. The van der Waals surface area contributed by atoms with E-state index in [0.29, 0.717) is 0 Å². The van der Waals surface area contributed by atoms with Crippen molar-refractivity contribution in [2.24, 2.45) is 0 Å². The molecule has 1 heterocycles. The standard InChI is InChI=1S/C21H15N3O2/c25-24(26)18-10-8-17(9-11-18)23-21-14-16-6-2-1-5-15(16)13-19(21)20-7-3-4-12-22-20/h1-14,23H. The van der Waals surface area contributed by atoms with E-state index in [9.17, 15) is 10.1 Å². The van der Waals surface area contributed by atoms with E-state index < -0.39 is 4.92 Å². The van der Waals surface area contributed by atoms with Crippen molar-refractivity contribution < 1.29 is 4.92 Å². The smallest absolute Gasteiger partial charge is 0.269 e. The van der Waals surface area contributed by atoms with Gasteiger partial charge < -0.3 is 5.32 Å². The first kappa shape index (κ1) is 15.8. The molecule has 0 atom stereocenters. The van der Waals surface area contributed by atoms with Gasteiger partial charge in [0.2, 0.25) is 0 Å². The largest absolute Gasteiger partial charge is 0.355 e. The number of fused-ring (bicyclic) bond motifs is 1. The average Bonchev–Trinajstić information content (AvgIpc) is 2.68. The summed E-state index contributed by atoms with van der Waals surface area (Å²) in [6.07, 6.45) is 1.76. The lowest BCUT2D eigenvalue weighted by Gasteiger charge is -2.14. The zero-order valence-electron chi connectivity index (χ0n) is 13.8. The zero-order chi connectivity index (χ0) is 17.9. The summed E-state index contributed by atoms with van der Waals surface area (Å²) in [6.45, 7) is 0. The summed E-state index contributed by atoms with van der Waals surface area (Å²) >= 11 is 0. The Labute approximate surface area is 150 Å². The number of non-ortho nitro benzene ring substituents is 1. The van der Waals surface area contributed by atoms with Crippen LogP contribution in [0.1, 0.15) is 0 Å². The summed E-state index contributed by atoms with van der Waals surface area (Å²) in [7, 11) is 0. The second-order valence-electron chi connectivity index (χ2n) is 5.89. The van der Waals surface area contributed by atoms with Crippen molar-refractivity contribution in [2.75, 3.05) is 5.32 Å². The molecule has 5 heteroatoms. The fourth-order valence-electron chi connectivity index (χ4n) is 2.90. The molecular weight excluding hydrogens is 326 g/mol. The molecule has 0 aliphatic rings. The minimum atomic E-state index is -0.404. The first-order chi connectivity index (χ1) is 12.7. The monoisotopic (exact) mass is 341 g/mol. The predicted octanol–water partition coefficient (Wildman–Crippen LogP) is 5.55. The number of anilines is 2. The van der Waals surface area contributed by atoms with Crippen LogP contribution in [0.5, 0.6) is 0 Å². The van der Waals surface area contributed by atoms with Crippen LogP contribution < -0.4 is 5.32 Å². The van der Waals surface area contributed by atoms with Gasteiger partial charge in [-0.3, -0.25) is 15.1 Å². The van der Waals surface area contributed by atoms with Gasteiger partial charge >= 0.3 is 0 Å². The molecule has 126 valence electrons. The molecule has 3 aromatic carbocycles. The van der Waals surface area contributed by atoms with E-state index in [2.05, 4.69) is 34.6 Å². The van der Waals surface area contributed by atoms with Crippen LogP contribution in [-0.2, 0) is 0 Å². The Balaban J connectivity index is 1.80. The zero-order valence-corrected chi connectivity index (χ0v) is 13.8. The number of pyridine rings is 1. The van der Waals surface area contributed by atoms with Gasteiger partial charge in [-0.15, -0.1) is 0 Å². The van der Waals surface area contributed by atoms with Crippen LogP contribution in [0.25, 0.3) is 22.0 Å². The molecule has 5 nitrogen and oxygen atoms in total. The third kappa shape index (κ3) is 3.10. The average molecular weight is 341 g/mol. The van der Waals surface area contributed by atoms with Crippen LogP contribution in [0.3, 0.4) is 0 Å². The molecule has 4 aromatic rings. The molecule has 0 spiro atoms. The molecule has 0 fully saturated rings. The van der Waals surface area contributed by atoms with Crippen molar-refractivity contribution in [3.05, 3.63) is 95.2 Å². The van der Waals surface area contributed by atoms with Crippen LogP contribution in [0, 0.1) is 10.1 Å². The second kappa shape index (κ2) is 6.64. The molecule has 0 unspecified atom stereocenters. The third-order valence-electron chi connectivity index (χ3n) is 4.18. The molecule has 26 heavy (non-hydrogen) atoms. The molecule has 1 N–H and O–H groups in total. The first-order valence-corrected chi connectivity index (χ1v) is 8.16. The Bertz CT molecular complexity index is 1080. The molecule has 0 saturated carbocycles. The lowest BCUT2D eigenvalue weighted by Crippen LogP contribution is -1.95. The fraction of sp³-hybridized carbons (Fsp3) is 0. The van der Waals surface area contributed by atoms with E-state index >= 15 is 0 Å². The van der Waals surface area contributed by atoms with Gasteiger partial charge in [-0.1, -0.05) is 30.3 Å². The minimum absolute atomic E-state index is 0.0685. The first-order valence-electron chi connectivity index (χ1n) is 8.16. The molecule has 0 radical (unpaired) electrons. The van der Waals surface area contributed by atoms with Crippen molar-refractivity contribution in [3.63, 3.8) is 0 Å². The molecule has 4 rings (SSSR count). The second-order valence-corrected chi connectivity index (χ2v) is 5.89. The van der Waals surface area contributed by atoms with E-state index in [-0.39, 0.29) is 5.69 Å². The normalized spacial score (nSPS) is 10.6. The topological polar surface area (TPSA) is 68.1 Å². The fourth-order valence-corrected chi connectivity index (χ4v) is 2.90. The van der Waals surface area contributed by atoms with Crippen LogP contribution in [-0.4, -0.2) is 9.91 Å². The number of nitro benzene ring substituents is 1. The van der Waals surface area contributed by atoms with Crippen LogP contribution in [0.2, 0.25) is 0 Å². The van der Waals surface area contributed by atoms with Gasteiger partial charge in [0.15, 0.2) is 0 Å². The van der Waals surface area contributed by atoms with E-state index in [1.165, 1.54) is 12.1 Å². The van der Waals surface area contributed by atoms with Crippen LogP contribution in [0.15, 0.2) is 85.1 Å². The molecule has 1 aromatic heterocycles. The summed E-state index contributed by atoms with van der Waals surface area (Å²) < 4.78 is 0. The van der Waals surface area contributed by atoms with E-state index in [4.69, 9.17) is 0 Å². The van der Waals surface area contributed by atoms with Crippen LogP contribution in [0.4, 0.5) is 17.1 Å². The number of hydrogen-bond donors (Lipinski definition) is 1. The van der Waals surface area contributed by atoms with Gasteiger partial charge in [0.05, 0.1) is 10.6 Å². The number of benzene rings is 3. The van der Waals surface area contributed by atoms with Crippen molar-refractivity contribution in [1.82, 2.24) is 4.98 Å². The summed E-state index contributed by atoms with van der Waals surface area (Å²) in [5.74, 6) is 0. The SMILES string of the molecule is O=[N+]([O-])c1ccc(Nc2cc3ccccc3cc2-c2ccccn2)cc1. The summed E-state index contributed by atoms with van der Waals surface area (Å²) in [5, 5.41) is 16.4. The predicted molar refractivity (Wildman–Crippen MR) is 104 cm³/mol. The van der Waals surface area contributed by atoms with E-state index in [1.54, 1.807) is 18.3 Å². The number of nitrogens with one attached hydrogen (secondary N) is 1. The quantitative estimate of drug-likeness (QED) is 0.390. The Morgan fingerprint density at radius 1 is 0.846 bits per heavy atom. The summed E-state index contributed by atoms with van der Waals surface area (Å²) in [5.41, 5.74) is 3.59. The van der Waals surface area contributed by atoms with E-state index in [0.717, 1.165) is 33.4 Å². The maximum atomic E-state index is 10.8. The highest BCUT2D eigenvalue weighted by Crippen LogP contribution is 2.33.